The van der Waals surface area contributed by atoms with Gasteiger partial charge in [-0.3, -0.25) is 4.79 Å². The van der Waals surface area contributed by atoms with E-state index in [0.29, 0.717) is 19.8 Å². The molecule has 1 N–H and O–H groups in total. The monoisotopic (exact) mass is 271 g/mol. The molecule has 0 aromatic carbocycles. The number of amides is 1. The zero-order valence-electron chi connectivity index (χ0n) is 11.9. The van der Waals surface area contributed by atoms with Crippen molar-refractivity contribution in [3.05, 3.63) is 0 Å². The molecule has 2 saturated heterocycles. The predicted octanol–water partition coefficient (Wildman–Crippen LogP) is 1.34. The van der Waals surface area contributed by atoms with Gasteiger partial charge in [0.2, 0.25) is 0 Å². The van der Waals surface area contributed by atoms with Gasteiger partial charge in [-0.1, -0.05) is 0 Å². The Morgan fingerprint density at radius 2 is 1.84 bits per heavy atom. The van der Waals surface area contributed by atoms with Gasteiger partial charge in [-0.05, 0) is 27.7 Å². The Labute approximate surface area is 112 Å². The molecule has 6 nitrogen and oxygen atoms in total. The van der Waals surface area contributed by atoms with Crippen molar-refractivity contribution in [2.75, 3.05) is 26.3 Å². The van der Waals surface area contributed by atoms with Crippen molar-refractivity contribution in [2.45, 2.75) is 33.3 Å². The molecule has 6 heteroatoms. The Bertz CT molecular complexity index is 410. The van der Waals surface area contributed by atoms with Gasteiger partial charge in [-0.25, -0.2) is 4.79 Å². The summed E-state index contributed by atoms with van der Waals surface area (Å²) in [6.45, 7) is 8.37. The normalized spacial score (nSPS) is 29.2. The average molecular weight is 271 g/mol. The molecule has 1 atom stereocenters. The van der Waals surface area contributed by atoms with Gasteiger partial charge < -0.3 is 19.5 Å². The van der Waals surface area contributed by atoms with E-state index in [1.54, 1.807) is 27.7 Å². The molecule has 2 heterocycles. The van der Waals surface area contributed by atoms with E-state index in [4.69, 9.17) is 9.47 Å². The number of carbonyl (C=O) groups excluding carboxylic acids is 1. The van der Waals surface area contributed by atoms with E-state index < -0.39 is 28.5 Å². The van der Waals surface area contributed by atoms with E-state index in [0.717, 1.165) is 0 Å². The van der Waals surface area contributed by atoms with Crippen LogP contribution in [0.15, 0.2) is 0 Å². The SMILES string of the molecule is CC(C)(C)OC(=O)N1CC2(COC2)[C@@](C)(C(=O)O)C1. The van der Waals surface area contributed by atoms with Crippen LogP contribution in [0.4, 0.5) is 4.79 Å². The van der Waals surface area contributed by atoms with Crippen molar-refractivity contribution < 1.29 is 24.2 Å². The highest BCUT2D eigenvalue weighted by Crippen LogP contribution is 2.51. The van der Waals surface area contributed by atoms with Crippen LogP contribution in [0.1, 0.15) is 27.7 Å². The minimum atomic E-state index is -0.970. The topological polar surface area (TPSA) is 76.1 Å². The number of likely N-dealkylation sites (tertiary alicyclic amines) is 1. The first-order chi connectivity index (χ1) is 8.60. The van der Waals surface area contributed by atoms with Crippen molar-refractivity contribution in [1.29, 1.82) is 0 Å². The molecule has 2 rings (SSSR count). The smallest absolute Gasteiger partial charge is 0.410 e. The highest BCUT2D eigenvalue weighted by Gasteiger charge is 2.64. The molecule has 0 aromatic rings. The molecule has 0 saturated carbocycles. The number of carbonyl (C=O) groups is 2. The van der Waals surface area contributed by atoms with Gasteiger partial charge in [0.1, 0.15) is 5.60 Å². The maximum Gasteiger partial charge on any atom is 0.410 e. The molecule has 19 heavy (non-hydrogen) atoms. The number of nitrogens with zero attached hydrogens (tertiary/aromatic N) is 1. The van der Waals surface area contributed by atoms with Crippen LogP contribution in [-0.4, -0.2) is 54.0 Å². The van der Waals surface area contributed by atoms with Gasteiger partial charge in [0.05, 0.1) is 24.0 Å². The van der Waals surface area contributed by atoms with Crippen LogP contribution in [0.5, 0.6) is 0 Å². The van der Waals surface area contributed by atoms with Crippen LogP contribution in [0, 0.1) is 10.8 Å². The van der Waals surface area contributed by atoms with Crippen LogP contribution in [-0.2, 0) is 14.3 Å². The summed E-state index contributed by atoms with van der Waals surface area (Å²) in [6.07, 6.45) is -0.455. The maximum atomic E-state index is 12.1. The fourth-order valence-electron chi connectivity index (χ4n) is 2.65. The van der Waals surface area contributed by atoms with Crippen molar-refractivity contribution in [1.82, 2.24) is 4.90 Å². The molecule has 0 aliphatic carbocycles. The molecule has 0 unspecified atom stereocenters. The second kappa shape index (κ2) is 4.10. The van der Waals surface area contributed by atoms with E-state index >= 15 is 0 Å². The standard InChI is InChI=1S/C13H21NO5/c1-11(2,3)19-10(17)14-5-12(4,9(15)16)13(6-14)7-18-8-13/h5-8H2,1-4H3,(H,15,16)/t12-/m1/s1. The van der Waals surface area contributed by atoms with E-state index in [-0.39, 0.29) is 6.54 Å². The van der Waals surface area contributed by atoms with Gasteiger partial charge in [0.25, 0.3) is 0 Å². The zero-order valence-corrected chi connectivity index (χ0v) is 11.9. The number of carboxylic acids is 1. The number of hydrogen-bond acceptors (Lipinski definition) is 4. The summed E-state index contributed by atoms with van der Waals surface area (Å²) >= 11 is 0. The van der Waals surface area contributed by atoms with Crippen LogP contribution in [0.3, 0.4) is 0 Å². The molecule has 0 aromatic heterocycles. The predicted molar refractivity (Wildman–Crippen MR) is 66.8 cm³/mol. The van der Waals surface area contributed by atoms with Gasteiger partial charge in [0, 0.05) is 13.1 Å². The van der Waals surface area contributed by atoms with Crippen molar-refractivity contribution in [2.24, 2.45) is 10.8 Å². The second-order valence-electron chi connectivity index (χ2n) is 6.75. The molecule has 108 valence electrons. The third-order valence-corrected chi connectivity index (χ3v) is 4.05. The lowest BCUT2D eigenvalue weighted by atomic mass is 9.65. The number of hydrogen-bond donors (Lipinski definition) is 1. The third kappa shape index (κ3) is 2.18. The molecule has 2 fully saturated rings. The minimum Gasteiger partial charge on any atom is -0.481 e. The summed E-state index contributed by atoms with van der Waals surface area (Å²) in [4.78, 5) is 25.1. The Kier molecular flexibility index (Phi) is 3.04. The second-order valence-corrected chi connectivity index (χ2v) is 6.75. The molecule has 1 spiro atoms. The van der Waals surface area contributed by atoms with Crippen molar-refractivity contribution >= 4 is 12.1 Å². The third-order valence-electron chi connectivity index (χ3n) is 4.05. The molecule has 1 amide bonds. The summed E-state index contributed by atoms with van der Waals surface area (Å²) in [5.74, 6) is -0.887. The summed E-state index contributed by atoms with van der Waals surface area (Å²) in [5.41, 5.74) is -2.03. The van der Waals surface area contributed by atoms with Crippen molar-refractivity contribution in [3.63, 3.8) is 0 Å². The summed E-state index contributed by atoms with van der Waals surface area (Å²) in [6, 6.07) is 0. The zero-order chi connectivity index (χ0) is 14.5. The van der Waals surface area contributed by atoms with Crippen LogP contribution < -0.4 is 0 Å². The number of aliphatic carboxylic acids is 1. The highest BCUT2D eigenvalue weighted by molar-refractivity contribution is 5.79. The summed E-state index contributed by atoms with van der Waals surface area (Å²) in [5, 5.41) is 9.47. The highest BCUT2D eigenvalue weighted by atomic mass is 16.6. The fraction of sp³-hybridized carbons (Fsp3) is 0.846. The molecular weight excluding hydrogens is 250 g/mol. The van der Waals surface area contributed by atoms with Gasteiger partial charge in [-0.2, -0.15) is 0 Å². The first-order valence-corrected chi connectivity index (χ1v) is 6.39. The molecule has 2 aliphatic heterocycles. The number of carboxylic acid groups (broad SMARTS) is 1. The van der Waals surface area contributed by atoms with E-state index in [1.165, 1.54) is 4.90 Å². The van der Waals surface area contributed by atoms with Gasteiger partial charge in [0.15, 0.2) is 0 Å². The quantitative estimate of drug-likeness (QED) is 0.779. The Morgan fingerprint density at radius 3 is 2.16 bits per heavy atom. The van der Waals surface area contributed by atoms with E-state index in [9.17, 15) is 14.7 Å². The summed E-state index contributed by atoms with van der Waals surface area (Å²) < 4.78 is 10.5. The number of ether oxygens (including phenoxy) is 2. The Balaban J connectivity index is 2.16. The van der Waals surface area contributed by atoms with Crippen LogP contribution >= 0.6 is 0 Å². The van der Waals surface area contributed by atoms with Crippen LogP contribution in [0.2, 0.25) is 0 Å². The largest absolute Gasteiger partial charge is 0.481 e. The van der Waals surface area contributed by atoms with E-state index in [2.05, 4.69) is 0 Å². The van der Waals surface area contributed by atoms with E-state index in [1.807, 2.05) is 0 Å². The summed E-state index contributed by atoms with van der Waals surface area (Å²) in [7, 11) is 0. The maximum absolute atomic E-state index is 12.1. The lowest BCUT2D eigenvalue weighted by molar-refractivity contribution is -0.184. The van der Waals surface area contributed by atoms with Gasteiger partial charge >= 0.3 is 12.1 Å². The Morgan fingerprint density at radius 1 is 1.26 bits per heavy atom. The lowest BCUT2D eigenvalue weighted by Crippen LogP contribution is -2.57. The van der Waals surface area contributed by atoms with Crippen LogP contribution in [0.25, 0.3) is 0 Å². The number of rotatable bonds is 1. The Hall–Kier alpha value is -1.30. The molecule has 2 aliphatic rings. The molecular formula is C13H21NO5. The fourth-order valence-corrected chi connectivity index (χ4v) is 2.65. The lowest BCUT2D eigenvalue weighted by Gasteiger charge is -2.45. The molecule has 0 radical (unpaired) electrons. The average Bonchev–Trinajstić information content (AvgIpc) is 2.50. The van der Waals surface area contributed by atoms with Gasteiger partial charge in [-0.15, -0.1) is 0 Å². The molecule has 0 bridgehead atoms. The first-order valence-electron chi connectivity index (χ1n) is 6.39. The minimum absolute atomic E-state index is 0.167. The first kappa shape index (κ1) is 14.1. The van der Waals surface area contributed by atoms with Crippen molar-refractivity contribution in [3.8, 4) is 0 Å².